The van der Waals surface area contributed by atoms with Gasteiger partial charge in [-0.25, -0.2) is 4.57 Å². The fourth-order valence-electron chi connectivity index (χ4n) is 8.08. The summed E-state index contributed by atoms with van der Waals surface area (Å²) in [4.78, 5) is 35.9. The summed E-state index contributed by atoms with van der Waals surface area (Å²) in [5.41, 5.74) is 0. The van der Waals surface area contributed by atoms with Crippen molar-refractivity contribution >= 4 is 19.8 Å². The topological polar surface area (TPSA) is 210 Å². The van der Waals surface area contributed by atoms with Gasteiger partial charge >= 0.3 is 19.8 Å². The van der Waals surface area contributed by atoms with Gasteiger partial charge in [0.25, 0.3) is 0 Å². The molecule has 1 aliphatic carbocycles. The minimum absolute atomic E-state index is 0.0569. The molecule has 1 fully saturated rings. The zero-order valence-corrected chi connectivity index (χ0v) is 43.7. The largest absolute Gasteiger partial charge is 0.472 e. The molecule has 6 atom stereocenters. The molecule has 0 spiro atoms. The molecular formula is C55H97O13P. The second kappa shape index (κ2) is 44.3. The Labute approximate surface area is 417 Å². The van der Waals surface area contributed by atoms with Crippen LogP contribution in [-0.4, -0.2) is 98.3 Å². The maximum atomic E-state index is 12.9. The van der Waals surface area contributed by atoms with Gasteiger partial charge in [-0.2, -0.15) is 0 Å². The molecule has 0 aliphatic heterocycles. The predicted molar refractivity (Wildman–Crippen MR) is 276 cm³/mol. The number of aliphatic hydroxyl groups is 5. The van der Waals surface area contributed by atoms with E-state index in [0.717, 1.165) is 70.6 Å². The van der Waals surface area contributed by atoms with Gasteiger partial charge in [0.15, 0.2) is 6.10 Å². The van der Waals surface area contributed by atoms with Crippen LogP contribution in [0.15, 0.2) is 60.8 Å². The van der Waals surface area contributed by atoms with Gasteiger partial charge in [-0.05, 0) is 57.8 Å². The average Bonchev–Trinajstić information content (AvgIpc) is 3.33. The molecule has 0 bridgehead atoms. The lowest BCUT2D eigenvalue weighted by Gasteiger charge is -2.41. The molecule has 1 aliphatic rings. The first kappa shape index (κ1) is 64.6. The van der Waals surface area contributed by atoms with Crippen LogP contribution < -0.4 is 0 Å². The molecule has 1 rings (SSSR count). The third kappa shape index (κ3) is 36.2. The lowest BCUT2D eigenvalue weighted by molar-refractivity contribution is -0.220. The van der Waals surface area contributed by atoms with Crippen molar-refractivity contribution in [3.8, 4) is 0 Å². The number of hydrogen-bond acceptors (Lipinski definition) is 12. The van der Waals surface area contributed by atoms with E-state index in [1.807, 2.05) is 0 Å². The van der Waals surface area contributed by atoms with Crippen LogP contribution in [0, 0.1) is 0 Å². The zero-order chi connectivity index (χ0) is 50.6. The minimum atomic E-state index is -5.14. The van der Waals surface area contributed by atoms with E-state index in [0.29, 0.717) is 12.8 Å². The molecule has 0 aromatic rings. The summed E-state index contributed by atoms with van der Waals surface area (Å²) in [7, 11) is -5.14. The highest BCUT2D eigenvalue weighted by molar-refractivity contribution is 7.47. The van der Waals surface area contributed by atoms with E-state index in [4.69, 9.17) is 18.5 Å². The molecule has 14 heteroatoms. The van der Waals surface area contributed by atoms with Crippen LogP contribution in [0.5, 0.6) is 0 Å². The predicted octanol–water partition coefficient (Wildman–Crippen LogP) is 12.1. The number of carbonyl (C=O) groups excluding carboxylic acids is 2. The Bertz CT molecular complexity index is 1430. The van der Waals surface area contributed by atoms with E-state index in [9.17, 15) is 44.6 Å². The van der Waals surface area contributed by atoms with Crippen molar-refractivity contribution in [2.75, 3.05) is 13.2 Å². The highest BCUT2D eigenvalue weighted by Gasteiger charge is 2.51. The van der Waals surface area contributed by atoms with Gasteiger partial charge in [-0.1, -0.05) is 209 Å². The first-order chi connectivity index (χ1) is 33.4. The summed E-state index contributed by atoms with van der Waals surface area (Å²) in [6.45, 7) is 3.19. The van der Waals surface area contributed by atoms with E-state index in [1.54, 1.807) is 0 Å². The molecular weight excluding hydrogens is 900 g/mol. The summed E-state index contributed by atoms with van der Waals surface area (Å²) in [5, 5.41) is 50.3. The molecule has 6 unspecified atom stereocenters. The van der Waals surface area contributed by atoms with Crippen molar-refractivity contribution in [1.29, 1.82) is 0 Å². The molecule has 0 aromatic heterocycles. The number of allylic oxidation sites excluding steroid dienone is 10. The Kier molecular flexibility index (Phi) is 41.4. The standard InChI is InChI=1S/C55H97O13P/c1-3-5-7-9-11-13-15-17-19-21-23-24-26-27-29-31-33-35-37-39-41-43-48(56)65-45-47(46-66-69(63,64)68-55-53(61)51(59)50(58)52(60)54(55)62)67-49(57)44-42-40-38-36-34-32-30-28-25-22-20-18-16-14-12-10-8-6-4-2/h6,8,12,14,18,20,25,28,32,34,47,50-55,58-62H,3-5,7,9-11,13,15-17,19,21-24,26-27,29-31,33,35-46H2,1-2H3,(H,63,64)/b8-6-,14-12-,20-18-,28-25-,34-32-. The van der Waals surface area contributed by atoms with Crippen molar-refractivity contribution in [2.45, 2.75) is 262 Å². The van der Waals surface area contributed by atoms with Gasteiger partial charge in [-0.15, -0.1) is 0 Å². The summed E-state index contributed by atoms with van der Waals surface area (Å²) in [6.07, 6.45) is 42.7. The van der Waals surface area contributed by atoms with Crippen LogP contribution in [-0.2, 0) is 32.7 Å². The highest BCUT2D eigenvalue weighted by Crippen LogP contribution is 2.47. The van der Waals surface area contributed by atoms with E-state index >= 15 is 0 Å². The number of esters is 2. The van der Waals surface area contributed by atoms with E-state index < -0.39 is 75.7 Å². The Morgan fingerprint density at radius 1 is 0.464 bits per heavy atom. The van der Waals surface area contributed by atoms with Gasteiger partial charge in [0.1, 0.15) is 43.2 Å². The number of unbranched alkanes of at least 4 members (excludes halogenated alkanes) is 23. The van der Waals surface area contributed by atoms with Gasteiger partial charge < -0.3 is 39.9 Å². The van der Waals surface area contributed by atoms with Gasteiger partial charge in [0, 0.05) is 12.8 Å². The normalized spacial score (nSPS) is 21.3. The first-order valence-electron chi connectivity index (χ1n) is 27.1. The van der Waals surface area contributed by atoms with Crippen molar-refractivity contribution in [3.05, 3.63) is 60.8 Å². The van der Waals surface area contributed by atoms with Gasteiger partial charge in [0.05, 0.1) is 6.61 Å². The molecule has 0 aromatic carbocycles. The molecule has 400 valence electrons. The van der Waals surface area contributed by atoms with Crippen molar-refractivity contribution in [1.82, 2.24) is 0 Å². The number of hydrogen-bond donors (Lipinski definition) is 6. The molecule has 0 heterocycles. The molecule has 69 heavy (non-hydrogen) atoms. The van der Waals surface area contributed by atoms with Crippen LogP contribution in [0.1, 0.15) is 219 Å². The molecule has 6 N–H and O–H groups in total. The molecule has 0 saturated heterocycles. The van der Waals surface area contributed by atoms with Gasteiger partial charge in [0.2, 0.25) is 0 Å². The van der Waals surface area contributed by atoms with Crippen molar-refractivity contribution < 1.29 is 63.1 Å². The minimum Gasteiger partial charge on any atom is -0.462 e. The van der Waals surface area contributed by atoms with Crippen LogP contribution in [0.25, 0.3) is 0 Å². The maximum absolute atomic E-state index is 12.9. The number of ether oxygens (including phenoxy) is 2. The molecule has 0 amide bonds. The number of rotatable bonds is 45. The summed E-state index contributed by atoms with van der Waals surface area (Å²) in [5.74, 6) is -1.13. The SMILES string of the molecule is CC/C=C\C/C=C\C/C=C\C/C=C\C/C=C\CCCCCC(=O)OC(COC(=O)CCCCCCCCCCCCCCCCCCCCCCC)COP(=O)(O)OC1C(O)C(O)C(O)C(O)C1O. The smallest absolute Gasteiger partial charge is 0.462 e. The van der Waals surface area contributed by atoms with Crippen molar-refractivity contribution in [2.24, 2.45) is 0 Å². The Morgan fingerprint density at radius 3 is 1.26 bits per heavy atom. The first-order valence-corrected chi connectivity index (χ1v) is 28.6. The third-order valence-corrected chi connectivity index (χ3v) is 13.4. The Balaban J connectivity index is 2.39. The lowest BCUT2D eigenvalue weighted by Crippen LogP contribution is -2.64. The summed E-state index contributed by atoms with van der Waals surface area (Å²) >= 11 is 0. The molecule has 13 nitrogen and oxygen atoms in total. The fourth-order valence-corrected chi connectivity index (χ4v) is 9.05. The highest BCUT2D eigenvalue weighted by atomic mass is 31.2. The number of phosphoric acid groups is 1. The second-order valence-electron chi connectivity index (χ2n) is 18.7. The number of aliphatic hydroxyl groups excluding tert-OH is 5. The number of phosphoric ester groups is 1. The van der Waals surface area contributed by atoms with E-state index in [1.165, 1.54) is 109 Å². The van der Waals surface area contributed by atoms with Crippen molar-refractivity contribution in [3.63, 3.8) is 0 Å². The second-order valence-corrected chi connectivity index (χ2v) is 20.1. The Hall–Kier alpha value is -2.45. The number of carbonyl (C=O) groups is 2. The maximum Gasteiger partial charge on any atom is 0.472 e. The van der Waals surface area contributed by atoms with Crippen LogP contribution in [0.4, 0.5) is 0 Å². The molecule has 0 radical (unpaired) electrons. The van der Waals surface area contributed by atoms with Crippen LogP contribution in [0.2, 0.25) is 0 Å². The Morgan fingerprint density at radius 2 is 0.826 bits per heavy atom. The fraction of sp³-hybridized carbons (Fsp3) is 0.782. The lowest BCUT2D eigenvalue weighted by atomic mass is 9.85. The van der Waals surface area contributed by atoms with Crippen LogP contribution in [0.3, 0.4) is 0 Å². The van der Waals surface area contributed by atoms with Gasteiger partial charge in [-0.3, -0.25) is 18.6 Å². The van der Waals surface area contributed by atoms with E-state index in [2.05, 4.69) is 74.6 Å². The average molecular weight is 997 g/mol. The monoisotopic (exact) mass is 997 g/mol. The molecule has 1 saturated carbocycles. The summed E-state index contributed by atoms with van der Waals surface area (Å²) < 4.78 is 33.7. The van der Waals surface area contributed by atoms with E-state index in [-0.39, 0.29) is 12.8 Å². The third-order valence-electron chi connectivity index (χ3n) is 12.4. The zero-order valence-electron chi connectivity index (χ0n) is 42.8. The quantitative estimate of drug-likeness (QED) is 0.0145. The van der Waals surface area contributed by atoms with Crippen LogP contribution >= 0.6 is 7.82 Å². The summed E-state index contributed by atoms with van der Waals surface area (Å²) in [6, 6.07) is 0.